The Morgan fingerprint density at radius 2 is 1.68 bits per heavy atom. The number of nitrogens with zero attached hydrogens (tertiary/aromatic N) is 2. The summed E-state index contributed by atoms with van der Waals surface area (Å²) in [6.07, 6.45) is 8.32. The molecule has 1 saturated heterocycles. The van der Waals surface area contributed by atoms with Gasteiger partial charge in [0.1, 0.15) is 11.6 Å². The molecule has 2 heterocycles. The average molecular weight is 384 g/mol. The predicted octanol–water partition coefficient (Wildman–Crippen LogP) is 4.99. The quantitative estimate of drug-likeness (QED) is 0.704. The summed E-state index contributed by atoms with van der Waals surface area (Å²) < 4.78 is 19.2. The first-order valence-electron chi connectivity index (χ1n) is 10.6. The Balaban J connectivity index is 1.47. The van der Waals surface area contributed by atoms with Gasteiger partial charge in [0.15, 0.2) is 5.76 Å². The van der Waals surface area contributed by atoms with Crippen LogP contribution in [0.2, 0.25) is 0 Å². The van der Waals surface area contributed by atoms with Crippen LogP contribution in [0.4, 0.5) is 4.39 Å². The summed E-state index contributed by atoms with van der Waals surface area (Å²) in [6.45, 7) is 3.09. The second-order valence-corrected chi connectivity index (χ2v) is 8.09. The highest BCUT2D eigenvalue weighted by Crippen LogP contribution is 2.26. The molecule has 150 valence electrons. The number of furan rings is 1. The molecule has 1 aromatic heterocycles. The van der Waals surface area contributed by atoms with Gasteiger partial charge in [-0.05, 0) is 55.5 Å². The van der Waals surface area contributed by atoms with E-state index < -0.39 is 0 Å². The number of halogens is 1. The number of carbonyl (C=O) groups is 1. The maximum absolute atomic E-state index is 13.3. The second-order valence-electron chi connectivity index (χ2n) is 8.09. The maximum atomic E-state index is 13.3. The smallest absolute Gasteiger partial charge is 0.289 e. The highest BCUT2D eigenvalue weighted by Gasteiger charge is 2.25. The Morgan fingerprint density at radius 3 is 2.39 bits per heavy atom. The third-order valence-corrected chi connectivity index (χ3v) is 6.01. The minimum Gasteiger partial charge on any atom is -0.455 e. The van der Waals surface area contributed by atoms with E-state index in [-0.39, 0.29) is 11.7 Å². The first-order chi connectivity index (χ1) is 13.7. The van der Waals surface area contributed by atoms with E-state index in [1.807, 2.05) is 29.2 Å². The van der Waals surface area contributed by atoms with Crippen LogP contribution in [0.15, 0.2) is 40.8 Å². The van der Waals surface area contributed by atoms with Gasteiger partial charge in [0.2, 0.25) is 0 Å². The van der Waals surface area contributed by atoms with E-state index in [1.54, 1.807) is 0 Å². The Bertz CT molecular complexity index is 774. The number of hydrogen-bond acceptors (Lipinski definition) is 3. The van der Waals surface area contributed by atoms with Gasteiger partial charge in [-0.15, -0.1) is 0 Å². The number of rotatable bonds is 6. The molecule has 2 fully saturated rings. The van der Waals surface area contributed by atoms with Crippen LogP contribution < -0.4 is 0 Å². The van der Waals surface area contributed by atoms with Gasteiger partial charge in [-0.2, -0.15) is 0 Å². The minimum absolute atomic E-state index is 0.00602. The lowest BCUT2D eigenvalue weighted by atomic mass is 9.93. The molecule has 2 aromatic rings. The third-order valence-electron chi connectivity index (χ3n) is 6.01. The molecular formula is C23H29FN2O2. The lowest BCUT2D eigenvalue weighted by molar-refractivity contribution is 0.0753. The summed E-state index contributed by atoms with van der Waals surface area (Å²) in [4.78, 5) is 16.9. The summed E-state index contributed by atoms with van der Waals surface area (Å²) >= 11 is 0. The molecule has 4 nitrogen and oxygen atoms in total. The molecule has 1 aromatic carbocycles. The molecular weight excluding hydrogens is 355 g/mol. The van der Waals surface area contributed by atoms with Crippen molar-refractivity contribution < 1.29 is 13.6 Å². The first kappa shape index (κ1) is 19.2. The van der Waals surface area contributed by atoms with Crippen LogP contribution in [0.3, 0.4) is 0 Å². The third kappa shape index (κ3) is 4.64. The number of amides is 1. The second kappa shape index (κ2) is 8.91. The van der Waals surface area contributed by atoms with Gasteiger partial charge >= 0.3 is 0 Å². The molecule has 1 amide bonds. The van der Waals surface area contributed by atoms with E-state index in [0.717, 1.165) is 43.8 Å². The zero-order valence-electron chi connectivity index (χ0n) is 16.4. The van der Waals surface area contributed by atoms with Gasteiger partial charge in [-0.3, -0.25) is 9.69 Å². The van der Waals surface area contributed by atoms with Crippen molar-refractivity contribution in [2.45, 2.75) is 64.1 Å². The van der Waals surface area contributed by atoms with Crippen LogP contribution in [-0.4, -0.2) is 34.8 Å². The van der Waals surface area contributed by atoms with Gasteiger partial charge in [0.05, 0.1) is 6.54 Å². The van der Waals surface area contributed by atoms with Crippen molar-refractivity contribution in [3.05, 3.63) is 59.3 Å². The fraction of sp³-hybridized carbons (Fsp3) is 0.522. The van der Waals surface area contributed by atoms with E-state index >= 15 is 0 Å². The molecule has 4 rings (SSSR count). The van der Waals surface area contributed by atoms with E-state index in [4.69, 9.17) is 4.42 Å². The van der Waals surface area contributed by atoms with Crippen molar-refractivity contribution in [1.82, 2.24) is 9.80 Å². The van der Waals surface area contributed by atoms with Crippen LogP contribution in [0.25, 0.3) is 0 Å². The molecule has 0 N–H and O–H groups in total. The van der Waals surface area contributed by atoms with Crippen molar-refractivity contribution in [2.24, 2.45) is 0 Å². The van der Waals surface area contributed by atoms with E-state index in [1.165, 1.54) is 44.2 Å². The lowest BCUT2D eigenvalue weighted by Gasteiger charge is -2.34. The molecule has 0 radical (unpaired) electrons. The zero-order chi connectivity index (χ0) is 19.3. The SMILES string of the molecule is O=C(c1ccc(CN(Cc2ccc(F)cc2)C2CCCCC2)o1)N1CCCC1. The number of likely N-dealkylation sites (tertiary alicyclic amines) is 1. The van der Waals surface area contributed by atoms with E-state index in [2.05, 4.69) is 4.90 Å². The van der Waals surface area contributed by atoms with Gasteiger partial charge < -0.3 is 9.32 Å². The molecule has 0 unspecified atom stereocenters. The Hall–Kier alpha value is -2.14. The molecule has 2 aliphatic rings. The van der Waals surface area contributed by atoms with Crippen molar-refractivity contribution in [2.75, 3.05) is 13.1 Å². The maximum Gasteiger partial charge on any atom is 0.289 e. The molecule has 1 saturated carbocycles. The number of carbonyl (C=O) groups excluding carboxylic acids is 1. The highest BCUT2D eigenvalue weighted by atomic mass is 19.1. The van der Waals surface area contributed by atoms with Crippen molar-refractivity contribution >= 4 is 5.91 Å². The first-order valence-corrected chi connectivity index (χ1v) is 10.6. The molecule has 28 heavy (non-hydrogen) atoms. The van der Waals surface area contributed by atoms with Gasteiger partial charge in [-0.1, -0.05) is 31.4 Å². The van der Waals surface area contributed by atoms with Crippen molar-refractivity contribution in [1.29, 1.82) is 0 Å². The van der Waals surface area contributed by atoms with Gasteiger partial charge in [0.25, 0.3) is 5.91 Å². The number of benzene rings is 1. The summed E-state index contributed by atoms with van der Waals surface area (Å²) in [7, 11) is 0. The molecule has 0 bridgehead atoms. The molecule has 5 heteroatoms. The fourth-order valence-electron chi connectivity index (χ4n) is 4.44. The van der Waals surface area contributed by atoms with Crippen LogP contribution in [0, 0.1) is 5.82 Å². The van der Waals surface area contributed by atoms with Crippen LogP contribution in [0.1, 0.15) is 66.8 Å². The zero-order valence-corrected chi connectivity index (χ0v) is 16.4. The summed E-state index contributed by atoms with van der Waals surface area (Å²) in [5, 5.41) is 0. The highest BCUT2D eigenvalue weighted by molar-refractivity contribution is 5.91. The molecule has 1 aliphatic heterocycles. The van der Waals surface area contributed by atoms with Crippen molar-refractivity contribution in [3.8, 4) is 0 Å². The van der Waals surface area contributed by atoms with Crippen molar-refractivity contribution in [3.63, 3.8) is 0 Å². The standard InChI is InChI=1S/C23H29FN2O2/c24-19-10-8-18(9-11-19)16-26(20-6-2-1-3-7-20)17-21-12-13-22(28-21)23(27)25-14-4-5-15-25/h8-13,20H,1-7,14-17H2. The molecule has 1 aliphatic carbocycles. The van der Waals surface area contributed by atoms with Crippen LogP contribution >= 0.6 is 0 Å². The summed E-state index contributed by atoms with van der Waals surface area (Å²) in [6, 6.07) is 11.0. The predicted molar refractivity (Wildman–Crippen MR) is 106 cm³/mol. The number of hydrogen-bond donors (Lipinski definition) is 0. The Kier molecular flexibility index (Phi) is 6.10. The summed E-state index contributed by atoms with van der Waals surface area (Å²) in [5.74, 6) is 1.08. The molecule has 0 spiro atoms. The van der Waals surface area contributed by atoms with Gasteiger partial charge in [-0.25, -0.2) is 4.39 Å². The van der Waals surface area contributed by atoms with Crippen LogP contribution in [0.5, 0.6) is 0 Å². The molecule has 0 atom stereocenters. The van der Waals surface area contributed by atoms with Crippen LogP contribution in [-0.2, 0) is 13.1 Å². The van der Waals surface area contributed by atoms with E-state index in [9.17, 15) is 9.18 Å². The lowest BCUT2D eigenvalue weighted by Crippen LogP contribution is -2.35. The fourth-order valence-corrected chi connectivity index (χ4v) is 4.44. The van der Waals surface area contributed by atoms with E-state index in [0.29, 0.717) is 18.3 Å². The topological polar surface area (TPSA) is 36.7 Å². The normalized spacial score (nSPS) is 18.1. The average Bonchev–Trinajstić information content (AvgIpc) is 3.42. The largest absolute Gasteiger partial charge is 0.455 e. The Morgan fingerprint density at radius 1 is 0.964 bits per heavy atom. The summed E-state index contributed by atoms with van der Waals surface area (Å²) in [5.41, 5.74) is 1.10. The minimum atomic E-state index is -0.205. The van der Waals surface area contributed by atoms with Gasteiger partial charge in [0, 0.05) is 25.7 Å². The Labute approximate surface area is 166 Å². The monoisotopic (exact) mass is 384 g/mol.